The Labute approximate surface area is 228 Å². The Morgan fingerprint density at radius 1 is 0.579 bits per heavy atom. The summed E-state index contributed by atoms with van der Waals surface area (Å²) in [5, 5.41) is 0. The summed E-state index contributed by atoms with van der Waals surface area (Å²) in [5.41, 5.74) is 2.83. The van der Waals surface area contributed by atoms with Gasteiger partial charge in [-0.25, -0.2) is 9.59 Å². The highest BCUT2D eigenvalue weighted by Crippen LogP contribution is 2.24. The van der Waals surface area contributed by atoms with E-state index in [0.29, 0.717) is 17.5 Å². The third-order valence-electron chi connectivity index (χ3n) is 6.27. The second-order valence-corrected chi connectivity index (χ2v) is 11.7. The van der Waals surface area contributed by atoms with Crippen LogP contribution in [0.4, 0.5) is 0 Å². The molecular weight excluding hydrogens is 480 g/mol. The molecule has 0 aromatic heterocycles. The Bertz CT molecular complexity index is 907. The van der Waals surface area contributed by atoms with Gasteiger partial charge in [0.2, 0.25) is 0 Å². The van der Waals surface area contributed by atoms with Crippen LogP contribution in [-0.2, 0) is 30.4 Å². The fourth-order valence-electron chi connectivity index (χ4n) is 3.73. The van der Waals surface area contributed by atoms with Gasteiger partial charge in [0.15, 0.2) is 0 Å². The maximum atomic E-state index is 12.5. The van der Waals surface area contributed by atoms with Gasteiger partial charge in [0.25, 0.3) is 0 Å². The lowest BCUT2D eigenvalue weighted by molar-refractivity contribution is -0.363. The summed E-state index contributed by atoms with van der Waals surface area (Å²) in [6.45, 7) is 16.5. The third-order valence-corrected chi connectivity index (χ3v) is 6.27. The summed E-state index contributed by atoms with van der Waals surface area (Å²) in [5.74, 6) is -1.33. The molecule has 0 bridgehead atoms. The second kappa shape index (κ2) is 15.0. The van der Waals surface area contributed by atoms with E-state index >= 15 is 0 Å². The van der Waals surface area contributed by atoms with Gasteiger partial charge in [0, 0.05) is 6.42 Å². The van der Waals surface area contributed by atoms with Crippen LogP contribution in [0.1, 0.15) is 125 Å². The molecule has 6 nitrogen and oxygen atoms in total. The molecule has 2 radical (unpaired) electrons. The van der Waals surface area contributed by atoms with Crippen molar-refractivity contribution in [3.8, 4) is 0 Å². The predicted molar refractivity (Wildman–Crippen MR) is 149 cm³/mol. The van der Waals surface area contributed by atoms with Crippen LogP contribution in [0.5, 0.6) is 0 Å². The van der Waals surface area contributed by atoms with E-state index in [-0.39, 0.29) is 17.1 Å². The third kappa shape index (κ3) is 11.0. The molecule has 0 amide bonds. The average molecular weight is 525 g/mol. The van der Waals surface area contributed by atoms with E-state index in [0.717, 1.165) is 56.1 Å². The summed E-state index contributed by atoms with van der Waals surface area (Å²) in [4.78, 5) is 45.5. The lowest BCUT2D eigenvalue weighted by atomic mass is 9.87. The zero-order valence-corrected chi connectivity index (χ0v) is 23.9. The molecule has 0 aliphatic heterocycles. The van der Waals surface area contributed by atoms with E-state index in [1.807, 2.05) is 24.3 Å². The zero-order valence-electron chi connectivity index (χ0n) is 23.9. The quantitative estimate of drug-likeness (QED) is 0.140. The van der Waals surface area contributed by atoms with Crippen LogP contribution in [0.25, 0.3) is 0 Å². The van der Waals surface area contributed by atoms with Crippen LogP contribution in [0.3, 0.4) is 0 Å². The maximum Gasteiger partial charge on any atom is 0.373 e. The van der Waals surface area contributed by atoms with Crippen molar-refractivity contribution in [2.24, 2.45) is 0 Å². The molecule has 0 spiro atoms. The van der Waals surface area contributed by atoms with Crippen LogP contribution < -0.4 is 0 Å². The molecule has 0 saturated heterocycles. The highest BCUT2D eigenvalue weighted by atomic mass is 17.3. The van der Waals surface area contributed by atoms with Gasteiger partial charge in [-0.15, -0.1) is 9.78 Å². The van der Waals surface area contributed by atoms with E-state index in [1.54, 1.807) is 24.3 Å². The van der Waals surface area contributed by atoms with Crippen LogP contribution in [-0.4, -0.2) is 11.9 Å². The number of rotatable bonds is 14. The minimum atomic E-state index is -0.663. The standard InChI is InChI=1S/C32H44O6/c1-8-9-10-11-12-13-14-15-28(35-37-29(33)24-16-20-26(21-17-24)31(2,3)4)36-38-30(34)25-18-22-27(23-19-25)32(5,6)7/h16-23H,1,8-15H2,2-7H3. The summed E-state index contributed by atoms with van der Waals surface area (Å²) < 4.78 is 0. The molecule has 6 heteroatoms. The summed E-state index contributed by atoms with van der Waals surface area (Å²) >= 11 is 0. The molecule has 38 heavy (non-hydrogen) atoms. The predicted octanol–water partition coefficient (Wildman–Crippen LogP) is 8.60. The molecule has 0 saturated carbocycles. The minimum absolute atomic E-state index is 0.0297. The number of hydrogen-bond donors (Lipinski definition) is 0. The molecule has 0 aliphatic carbocycles. The smallest absolute Gasteiger partial charge is 0.289 e. The fraction of sp³-hybridized carbons (Fsp3) is 0.500. The number of carbonyl (C=O) groups is 2. The molecular formula is C32H44O6. The monoisotopic (exact) mass is 524 g/mol. The van der Waals surface area contributed by atoms with Gasteiger partial charge < -0.3 is 0 Å². The van der Waals surface area contributed by atoms with Crippen molar-refractivity contribution in [1.29, 1.82) is 0 Å². The van der Waals surface area contributed by atoms with Gasteiger partial charge in [-0.1, -0.05) is 111 Å². The van der Waals surface area contributed by atoms with Crippen molar-refractivity contribution in [2.45, 2.75) is 104 Å². The molecule has 0 N–H and O–H groups in total. The molecule has 2 aromatic carbocycles. The van der Waals surface area contributed by atoms with Crippen molar-refractivity contribution in [3.63, 3.8) is 0 Å². The fourth-order valence-corrected chi connectivity index (χ4v) is 3.73. The number of hydrogen-bond acceptors (Lipinski definition) is 6. The van der Waals surface area contributed by atoms with E-state index in [2.05, 4.69) is 48.5 Å². The Morgan fingerprint density at radius 2 is 0.947 bits per heavy atom. The van der Waals surface area contributed by atoms with Gasteiger partial charge in [0.05, 0.1) is 11.1 Å². The van der Waals surface area contributed by atoms with E-state index in [9.17, 15) is 9.59 Å². The second-order valence-electron chi connectivity index (χ2n) is 11.7. The summed E-state index contributed by atoms with van der Waals surface area (Å²) in [7, 11) is 0. The lowest BCUT2D eigenvalue weighted by Gasteiger charge is -2.19. The number of benzene rings is 2. The van der Waals surface area contributed by atoms with Crippen LogP contribution in [0.2, 0.25) is 0 Å². The first-order valence-electron chi connectivity index (χ1n) is 13.6. The Balaban J connectivity index is 1.94. The van der Waals surface area contributed by atoms with E-state index in [1.165, 1.54) is 0 Å². The Hall–Kier alpha value is -2.70. The first kappa shape index (κ1) is 31.5. The first-order chi connectivity index (χ1) is 17.9. The minimum Gasteiger partial charge on any atom is -0.289 e. The normalized spacial score (nSPS) is 12.0. The molecule has 0 unspecified atom stereocenters. The molecule has 2 rings (SSSR count). The molecule has 0 atom stereocenters. The average Bonchev–Trinajstić information content (AvgIpc) is 2.88. The van der Waals surface area contributed by atoms with Gasteiger partial charge in [-0.2, -0.15) is 0 Å². The van der Waals surface area contributed by atoms with Crippen LogP contribution >= 0.6 is 0 Å². The highest BCUT2D eigenvalue weighted by molar-refractivity contribution is 5.89. The lowest BCUT2D eigenvalue weighted by Crippen LogP contribution is -2.17. The summed E-state index contributed by atoms with van der Waals surface area (Å²) in [6, 6.07) is 14.3. The molecule has 0 fully saturated rings. The topological polar surface area (TPSA) is 71.1 Å². The van der Waals surface area contributed by atoms with Crippen molar-refractivity contribution in [1.82, 2.24) is 0 Å². The van der Waals surface area contributed by atoms with Crippen LogP contribution in [0.15, 0.2) is 48.5 Å². The molecule has 2 aromatic rings. The summed E-state index contributed by atoms with van der Waals surface area (Å²) in [6.07, 6.45) is 7.34. The van der Waals surface area contributed by atoms with E-state index in [4.69, 9.17) is 19.6 Å². The Morgan fingerprint density at radius 3 is 1.32 bits per heavy atom. The molecule has 208 valence electrons. The largest absolute Gasteiger partial charge is 0.373 e. The Kier molecular flexibility index (Phi) is 12.5. The molecule has 0 heterocycles. The van der Waals surface area contributed by atoms with Crippen LogP contribution in [0, 0.1) is 13.2 Å². The van der Waals surface area contributed by atoms with E-state index < -0.39 is 11.9 Å². The van der Waals surface area contributed by atoms with Crippen molar-refractivity contribution < 1.29 is 29.1 Å². The van der Waals surface area contributed by atoms with Gasteiger partial charge in [-0.05, 0) is 52.6 Å². The van der Waals surface area contributed by atoms with Crippen molar-refractivity contribution >= 4 is 11.9 Å². The number of carbonyl (C=O) groups excluding carboxylic acids is 2. The number of unbranched alkanes of at least 4 members (excludes halogenated alkanes) is 6. The van der Waals surface area contributed by atoms with Crippen molar-refractivity contribution in [2.75, 3.05) is 0 Å². The first-order valence-corrected chi connectivity index (χ1v) is 13.6. The maximum absolute atomic E-state index is 12.5. The van der Waals surface area contributed by atoms with Crippen molar-refractivity contribution in [3.05, 3.63) is 84.0 Å². The van der Waals surface area contributed by atoms with Gasteiger partial charge >= 0.3 is 18.2 Å². The van der Waals surface area contributed by atoms with Gasteiger partial charge in [0.1, 0.15) is 0 Å². The molecule has 0 aliphatic rings. The highest BCUT2D eigenvalue weighted by Gasteiger charge is 2.22. The zero-order chi connectivity index (χ0) is 28.2. The van der Waals surface area contributed by atoms with Gasteiger partial charge in [-0.3, -0.25) is 9.78 Å². The SMILES string of the molecule is [CH2]CCCCCCCC[C](OOC(=O)c1ccc(C(C)(C)C)cc1)OOC(=O)c1ccc(C(C)(C)C)cc1.